The molecule has 0 fully saturated rings. The number of hydrogen-bond acceptors (Lipinski definition) is 4. The smallest absolute Gasteiger partial charge is 0.307 e. The number of nitrogens with one attached hydrogen (secondary N) is 1. The number of benzene rings is 1. The van der Waals surface area contributed by atoms with Crippen LogP contribution in [0.15, 0.2) is 30.3 Å². The standard InChI is InChI=1S/C14H21NO3/c1-3-18-13(16)9-10-15-11-14(2,17)12-7-5-4-6-8-12/h4-8,15,17H,3,9-11H2,1-2H3. The molecule has 1 atom stereocenters. The molecule has 0 amide bonds. The zero-order chi connectivity index (χ0) is 13.4. The molecular weight excluding hydrogens is 230 g/mol. The van der Waals surface area contributed by atoms with E-state index in [1.165, 1.54) is 0 Å². The highest BCUT2D eigenvalue weighted by molar-refractivity contribution is 5.69. The van der Waals surface area contributed by atoms with Crippen molar-refractivity contribution in [1.29, 1.82) is 0 Å². The third-order valence-electron chi connectivity index (χ3n) is 2.68. The van der Waals surface area contributed by atoms with E-state index in [0.717, 1.165) is 5.56 Å². The topological polar surface area (TPSA) is 58.6 Å². The van der Waals surface area contributed by atoms with Gasteiger partial charge in [0, 0.05) is 13.1 Å². The summed E-state index contributed by atoms with van der Waals surface area (Å²) in [6.07, 6.45) is 0.318. The van der Waals surface area contributed by atoms with Crippen LogP contribution in [0.3, 0.4) is 0 Å². The van der Waals surface area contributed by atoms with Crippen molar-refractivity contribution in [2.45, 2.75) is 25.9 Å². The van der Waals surface area contributed by atoms with Gasteiger partial charge in [-0.25, -0.2) is 0 Å². The molecule has 0 aliphatic carbocycles. The zero-order valence-corrected chi connectivity index (χ0v) is 11.0. The van der Waals surface area contributed by atoms with Crippen LogP contribution in [0.25, 0.3) is 0 Å². The van der Waals surface area contributed by atoms with Crippen molar-refractivity contribution >= 4 is 5.97 Å². The van der Waals surface area contributed by atoms with E-state index in [2.05, 4.69) is 5.32 Å². The Balaban J connectivity index is 2.32. The van der Waals surface area contributed by atoms with Crippen molar-refractivity contribution in [2.75, 3.05) is 19.7 Å². The second kappa shape index (κ2) is 7.13. The van der Waals surface area contributed by atoms with E-state index >= 15 is 0 Å². The Hall–Kier alpha value is -1.39. The molecule has 0 aliphatic heterocycles. The third kappa shape index (κ3) is 4.85. The average molecular weight is 251 g/mol. The van der Waals surface area contributed by atoms with Crippen molar-refractivity contribution in [1.82, 2.24) is 5.32 Å². The van der Waals surface area contributed by atoms with Gasteiger partial charge in [0.15, 0.2) is 0 Å². The van der Waals surface area contributed by atoms with E-state index in [1.807, 2.05) is 30.3 Å². The fraction of sp³-hybridized carbons (Fsp3) is 0.500. The Morgan fingerprint density at radius 2 is 2.06 bits per heavy atom. The lowest BCUT2D eigenvalue weighted by atomic mass is 9.96. The molecule has 0 aromatic heterocycles. The SMILES string of the molecule is CCOC(=O)CCNCC(C)(O)c1ccccc1. The minimum absolute atomic E-state index is 0.218. The largest absolute Gasteiger partial charge is 0.466 e. The summed E-state index contributed by atoms with van der Waals surface area (Å²) in [5.41, 5.74) is -0.0794. The second-order valence-electron chi connectivity index (χ2n) is 4.37. The van der Waals surface area contributed by atoms with Gasteiger partial charge in [0.1, 0.15) is 0 Å². The third-order valence-corrected chi connectivity index (χ3v) is 2.68. The maximum atomic E-state index is 11.1. The van der Waals surface area contributed by atoms with Gasteiger partial charge in [-0.2, -0.15) is 0 Å². The molecule has 2 N–H and O–H groups in total. The number of aliphatic hydroxyl groups is 1. The molecular formula is C14H21NO3. The van der Waals surface area contributed by atoms with Gasteiger partial charge in [0.25, 0.3) is 0 Å². The normalized spacial score (nSPS) is 13.9. The van der Waals surface area contributed by atoms with Crippen molar-refractivity contribution in [3.05, 3.63) is 35.9 Å². The molecule has 1 aromatic carbocycles. The monoisotopic (exact) mass is 251 g/mol. The maximum absolute atomic E-state index is 11.1. The Morgan fingerprint density at radius 3 is 2.67 bits per heavy atom. The first-order chi connectivity index (χ1) is 8.56. The van der Waals surface area contributed by atoms with E-state index in [4.69, 9.17) is 4.74 Å². The van der Waals surface area contributed by atoms with Crippen molar-refractivity contribution < 1.29 is 14.6 Å². The van der Waals surface area contributed by atoms with E-state index in [1.54, 1.807) is 13.8 Å². The van der Waals surface area contributed by atoms with Crippen LogP contribution < -0.4 is 5.32 Å². The molecule has 0 saturated carbocycles. The molecule has 0 spiro atoms. The summed E-state index contributed by atoms with van der Waals surface area (Å²) >= 11 is 0. The first kappa shape index (κ1) is 14.7. The predicted molar refractivity (Wildman–Crippen MR) is 70.1 cm³/mol. The number of esters is 1. The molecule has 0 heterocycles. The highest BCUT2D eigenvalue weighted by Crippen LogP contribution is 2.18. The maximum Gasteiger partial charge on any atom is 0.307 e. The van der Waals surface area contributed by atoms with Crippen LogP contribution in [0.1, 0.15) is 25.8 Å². The quantitative estimate of drug-likeness (QED) is 0.568. The summed E-state index contributed by atoms with van der Waals surface area (Å²) in [4.78, 5) is 11.1. The Bertz CT molecular complexity index is 363. The van der Waals surface area contributed by atoms with Gasteiger partial charge in [0.2, 0.25) is 0 Å². The highest BCUT2D eigenvalue weighted by atomic mass is 16.5. The van der Waals surface area contributed by atoms with Crippen LogP contribution in [0, 0.1) is 0 Å². The molecule has 18 heavy (non-hydrogen) atoms. The van der Waals surface area contributed by atoms with Crippen LogP contribution >= 0.6 is 0 Å². The lowest BCUT2D eigenvalue weighted by Gasteiger charge is -2.24. The van der Waals surface area contributed by atoms with E-state index in [-0.39, 0.29) is 5.97 Å². The lowest BCUT2D eigenvalue weighted by molar-refractivity contribution is -0.143. The zero-order valence-electron chi connectivity index (χ0n) is 11.0. The minimum atomic E-state index is -0.935. The molecule has 0 radical (unpaired) electrons. The van der Waals surface area contributed by atoms with Gasteiger partial charge in [0.05, 0.1) is 18.6 Å². The molecule has 100 valence electrons. The van der Waals surface area contributed by atoms with Crippen molar-refractivity contribution in [3.63, 3.8) is 0 Å². The van der Waals surface area contributed by atoms with Gasteiger partial charge in [-0.15, -0.1) is 0 Å². The molecule has 1 aromatic rings. The van der Waals surface area contributed by atoms with Crippen molar-refractivity contribution in [2.24, 2.45) is 0 Å². The molecule has 1 rings (SSSR count). The van der Waals surface area contributed by atoms with Crippen LogP contribution in [-0.4, -0.2) is 30.8 Å². The molecule has 4 nitrogen and oxygen atoms in total. The van der Waals surface area contributed by atoms with Gasteiger partial charge < -0.3 is 15.2 Å². The molecule has 0 saturated heterocycles. The van der Waals surface area contributed by atoms with Crippen molar-refractivity contribution in [3.8, 4) is 0 Å². The molecule has 1 unspecified atom stereocenters. The Kier molecular flexibility index (Phi) is 5.82. The lowest BCUT2D eigenvalue weighted by Crippen LogP contribution is -2.36. The first-order valence-corrected chi connectivity index (χ1v) is 6.20. The number of hydrogen-bond donors (Lipinski definition) is 2. The fourth-order valence-corrected chi connectivity index (χ4v) is 1.65. The number of ether oxygens (including phenoxy) is 1. The Labute approximate surface area is 108 Å². The minimum Gasteiger partial charge on any atom is -0.466 e. The molecule has 4 heteroatoms. The Morgan fingerprint density at radius 1 is 1.39 bits per heavy atom. The summed E-state index contributed by atoms with van der Waals surface area (Å²) in [5.74, 6) is -0.218. The van der Waals surface area contributed by atoms with E-state index in [9.17, 15) is 9.90 Å². The van der Waals surface area contributed by atoms with Crippen LogP contribution in [0.5, 0.6) is 0 Å². The number of rotatable bonds is 7. The van der Waals surface area contributed by atoms with Gasteiger partial charge in [-0.05, 0) is 19.4 Å². The summed E-state index contributed by atoms with van der Waals surface area (Å²) in [5, 5.41) is 13.3. The number of carbonyl (C=O) groups excluding carboxylic acids is 1. The van der Waals surface area contributed by atoms with Gasteiger partial charge in [-0.3, -0.25) is 4.79 Å². The number of carbonyl (C=O) groups is 1. The summed E-state index contributed by atoms with van der Waals surface area (Å²) in [6, 6.07) is 9.46. The van der Waals surface area contributed by atoms with Gasteiger partial charge in [-0.1, -0.05) is 30.3 Å². The van der Waals surface area contributed by atoms with Crippen LogP contribution in [-0.2, 0) is 15.1 Å². The van der Waals surface area contributed by atoms with Gasteiger partial charge >= 0.3 is 5.97 Å². The fourth-order valence-electron chi connectivity index (χ4n) is 1.65. The molecule has 0 aliphatic rings. The predicted octanol–water partition coefficient (Wildman–Crippen LogP) is 1.44. The summed E-state index contributed by atoms with van der Waals surface area (Å²) in [7, 11) is 0. The average Bonchev–Trinajstić information content (AvgIpc) is 2.36. The first-order valence-electron chi connectivity index (χ1n) is 6.20. The summed E-state index contributed by atoms with van der Waals surface area (Å²) in [6.45, 7) is 4.84. The van der Waals surface area contributed by atoms with Crippen LogP contribution in [0.4, 0.5) is 0 Å². The van der Waals surface area contributed by atoms with E-state index in [0.29, 0.717) is 26.1 Å². The molecule has 0 bridgehead atoms. The van der Waals surface area contributed by atoms with Crippen LogP contribution in [0.2, 0.25) is 0 Å². The summed E-state index contributed by atoms with van der Waals surface area (Å²) < 4.78 is 4.82. The highest BCUT2D eigenvalue weighted by Gasteiger charge is 2.21. The van der Waals surface area contributed by atoms with E-state index < -0.39 is 5.60 Å². The second-order valence-corrected chi connectivity index (χ2v) is 4.37.